The Bertz CT molecular complexity index is 1500. The zero-order valence-electron chi connectivity index (χ0n) is 40.2. The zero-order valence-corrected chi connectivity index (χ0v) is 40.2. The van der Waals surface area contributed by atoms with E-state index in [0.717, 1.165) is 135 Å². The van der Waals surface area contributed by atoms with Gasteiger partial charge in [-0.2, -0.15) is 0 Å². The van der Waals surface area contributed by atoms with Crippen LogP contribution in [0.2, 0.25) is 0 Å². The summed E-state index contributed by atoms with van der Waals surface area (Å²) >= 11 is 0. The number of aliphatic hydroxyl groups is 1. The van der Waals surface area contributed by atoms with Gasteiger partial charge in [0.25, 0.3) is 0 Å². The van der Waals surface area contributed by atoms with E-state index in [1.54, 1.807) is 0 Å². The predicted molar refractivity (Wildman–Crippen MR) is 278 cm³/mol. The van der Waals surface area contributed by atoms with E-state index in [-0.39, 0.29) is 31.6 Å². The highest BCUT2D eigenvalue weighted by molar-refractivity contribution is 5.70. The minimum Gasteiger partial charge on any atom is -0.462 e. The molecule has 0 saturated heterocycles. The molecule has 0 aliphatic heterocycles. The Kier molecular flexibility index (Phi) is 48.7. The zero-order chi connectivity index (χ0) is 46.3. The number of hydrogen-bond acceptors (Lipinski definition) is 5. The van der Waals surface area contributed by atoms with Crippen molar-refractivity contribution in [2.24, 2.45) is 0 Å². The first kappa shape index (κ1) is 59.3. The van der Waals surface area contributed by atoms with E-state index in [1.165, 1.54) is 0 Å². The minimum absolute atomic E-state index is 0.111. The Labute approximate surface area is 392 Å². The first-order valence-electron chi connectivity index (χ1n) is 24.7. The molecule has 1 atom stereocenters. The van der Waals surface area contributed by atoms with E-state index in [0.29, 0.717) is 12.8 Å². The van der Waals surface area contributed by atoms with Crippen molar-refractivity contribution in [2.75, 3.05) is 13.2 Å². The Morgan fingerprint density at radius 3 is 0.953 bits per heavy atom. The van der Waals surface area contributed by atoms with Gasteiger partial charge in [-0.05, 0) is 128 Å². The monoisotopic (exact) mass is 877 g/mol. The SMILES string of the molecule is CC/C=C\C/C=C\C/C=C\C/C=C\C/C=C\C/C=C\C/C=C\C/C=C\CCCCC(=O)OC(CO)COC(=O)CCCCCC/C=C\C/C=C\C/C=C\C/C=C\C/C=C\C/C=C\CC. The maximum Gasteiger partial charge on any atom is 0.306 e. The molecule has 0 aromatic heterocycles. The Hall–Kier alpha value is -4.74. The average molecular weight is 877 g/mol. The summed E-state index contributed by atoms with van der Waals surface area (Å²) in [6.07, 6.45) is 82.9. The van der Waals surface area contributed by atoms with Crippen molar-refractivity contribution in [3.63, 3.8) is 0 Å². The lowest BCUT2D eigenvalue weighted by molar-refractivity contribution is -0.161. The second-order valence-electron chi connectivity index (χ2n) is 15.4. The van der Waals surface area contributed by atoms with Gasteiger partial charge in [0.2, 0.25) is 0 Å². The van der Waals surface area contributed by atoms with Gasteiger partial charge in [-0.3, -0.25) is 9.59 Å². The van der Waals surface area contributed by atoms with Crippen LogP contribution < -0.4 is 0 Å². The second-order valence-corrected chi connectivity index (χ2v) is 15.4. The van der Waals surface area contributed by atoms with Crippen LogP contribution in [-0.4, -0.2) is 36.4 Å². The molecule has 1 N–H and O–H groups in total. The van der Waals surface area contributed by atoms with Crippen molar-refractivity contribution in [2.45, 2.75) is 174 Å². The average Bonchev–Trinajstić information content (AvgIpc) is 3.30. The van der Waals surface area contributed by atoms with Crippen LogP contribution in [0.15, 0.2) is 170 Å². The fraction of sp³-hybridized carbons (Fsp3) is 0.492. The number of carbonyl (C=O) groups is 2. The molecule has 64 heavy (non-hydrogen) atoms. The molecule has 0 aromatic rings. The number of esters is 2. The fourth-order valence-electron chi connectivity index (χ4n) is 5.86. The molecule has 0 aliphatic carbocycles. The van der Waals surface area contributed by atoms with Gasteiger partial charge in [-0.15, -0.1) is 0 Å². The second kappa shape index (κ2) is 52.6. The Morgan fingerprint density at radius 2 is 0.625 bits per heavy atom. The van der Waals surface area contributed by atoms with Crippen molar-refractivity contribution >= 4 is 11.9 Å². The summed E-state index contributed by atoms with van der Waals surface area (Å²) in [5.74, 6) is -0.690. The van der Waals surface area contributed by atoms with Crippen LogP contribution in [0.4, 0.5) is 0 Å². The number of carbonyl (C=O) groups excluding carboxylic acids is 2. The van der Waals surface area contributed by atoms with Crippen molar-refractivity contribution in [3.05, 3.63) is 170 Å². The molecule has 0 spiro atoms. The maximum absolute atomic E-state index is 12.3. The lowest BCUT2D eigenvalue weighted by Crippen LogP contribution is -2.28. The van der Waals surface area contributed by atoms with Gasteiger partial charge in [0.1, 0.15) is 6.61 Å². The van der Waals surface area contributed by atoms with Gasteiger partial charge >= 0.3 is 11.9 Å². The third-order valence-corrected chi connectivity index (χ3v) is 9.51. The molecule has 0 aromatic carbocycles. The highest BCUT2D eigenvalue weighted by atomic mass is 16.6. The van der Waals surface area contributed by atoms with Crippen molar-refractivity contribution in [1.29, 1.82) is 0 Å². The molecule has 5 heteroatoms. The quantitative estimate of drug-likeness (QED) is 0.0376. The van der Waals surface area contributed by atoms with Gasteiger partial charge in [-0.1, -0.05) is 197 Å². The van der Waals surface area contributed by atoms with Crippen LogP contribution >= 0.6 is 0 Å². The smallest absolute Gasteiger partial charge is 0.306 e. The molecular weight excluding hydrogens is 789 g/mol. The normalized spacial score (nSPS) is 13.7. The highest BCUT2D eigenvalue weighted by Gasteiger charge is 2.16. The molecule has 0 rings (SSSR count). The number of hydrogen-bond donors (Lipinski definition) is 1. The van der Waals surface area contributed by atoms with E-state index < -0.39 is 6.10 Å². The molecule has 1 unspecified atom stereocenters. The summed E-state index contributed by atoms with van der Waals surface area (Å²) in [5, 5.41) is 9.62. The fourth-order valence-corrected chi connectivity index (χ4v) is 5.86. The molecule has 0 bridgehead atoms. The molecule has 0 amide bonds. The van der Waals surface area contributed by atoms with Gasteiger partial charge in [0, 0.05) is 12.8 Å². The van der Waals surface area contributed by atoms with Crippen molar-refractivity contribution < 1.29 is 24.2 Å². The number of rotatable bonds is 42. The van der Waals surface area contributed by atoms with E-state index in [4.69, 9.17) is 9.47 Å². The highest BCUT2D eigenvalue weighted by Crippen LogP contribution is 2.09. The molecular formula is C59H88O5. The molecule has 0 heterocycles. The van der Waals surface area contributed by atoms with Gasteiger partial charge < -0.3 is 14.6 Å². The lowest BCUT2D eigenvalue weighted by atomic mass is 10.1. The third kappa shape index (κ3) is 49.9. The molecule has 0 saturated carbocycles. The van der Waals surface area contributed by atoms with Crippen LogP contribution in [0.3, 0.4) is 0 Å². The van der Waals surface area contributed by atoms with Gasteiger partial charge in [0.05, 0.1) is 6.61 Å². The Morgan fingerprint density at radius 1 is 0.359 bits per heavy atom. The summed E-state index contributed by atoms with van der Waals surface area (Å²) in [7, 11) is 0. The third-order valence-electron chi connectivity index (χ3n) is 9.51. The first-order chi connectivity index (χ1) is 31.6. The summed E-state index contributed by atoms with van der Waals surface area (Å²) in [5.41, 5.74) is 0. The summed E-state index contributed by atoms with van der Waals surface area (Å²) in [6, 6.07) is 0. The maximum atomic E-state index is 12.3. The molecule has 354 valence electrons. The number of unbranched alkanes of at least 4 members (excludes halogenated alkanes) is 6. The van der Waals surface area contributed by atoms with E-state index >= 15 is 0 Å². The number of allylic oxidation sites excluding steroid dienone is 28. The minimum atomic E-state index is -0.822. The topological polar surface area (TPSA) is 72.8 Å². The largest absolute Gasteiger partial charge is 0.462 e. The lowest BCUT2D eigenvalue weighted by Gasteiger charge is -2.15. The molecule has 0 radical (unpaired) electrons. The standard InChI is InChI=1S/C59H88O5/c1-3-5-7-9-11-13-15-17-19-21-23-25-27-28-29-30-32-34-36-38-40-42-44-46-48-50-52-54-59(62)64-57(55-60)56-63-58(61)53-51-49-47-45-43-41-39-37-35-33-31-26-24-22-20-18-16-14-12-10-8-6-4-2/h5-8,11-14,17-20,23-26,28-29,32-35,38-41,44,46,57,60H,3-4,9-10,15-16,21-22,27,30-31,36-37,42-43,45,47-56H2,1-2H3/b7-5-,8-6-,13-11-,14-12-,19-17-,20-18-,25-23-,26-24-,29-28-,34-32-,35-33-,40-38-,41-39-,46-44-. The van der Waals surface area contributed by atoms with E-state index in [1.807, 2.05) is 0 Å². The van der Waals surface area contributed by atoms with Crippen LogP contribution in [0.5, 0.6) is 0 Å². The molecule has 0 aliphatic rings. The summed E-state index contributed by atoms with van der Waals surface area (Å²) < 4.78 is 10.6. The molecule has 0 fully saturated rings. The number of ether oxygens (including phenoxy) is 2. The van der Waals surface area contributed by atoms with E-state index in [9.17, 15) is 14.7 Å². The summed E-state index contributed by atoms with van der Waals surface area (Å²) in [6.45, 7) is 3.83. The molecule has 5 nitrogen and oxygen atoms in total. The Balaban J connectivity index is 3.76. The van der Waals surface area contributed by atoms with Gasteiger partial charge in [-0.25, -0.2) is 0 Å². The van der Waals surface area contributed by atoms with Crippen LogP contribution in [0, 0.1) is 0 Å². The van der Waals surface area contributed by atoms with Crippen LogP contribution in [-0.2, 0) is 19.1 Å². The van der Waals surface area contributed by atoms with Gasteiger partial charge in [0.15, 0.2) is 6.10 Å². The predicted octanol–water partition coefficient (Wildman–Crippen LogP) is 16.6. The first-order valence-corrected chi connectivity index (χ1v) is 24.7. The van der Waals surface area contributed by atoms with Crippen molar-refractivity contribution in [1.82, 2.24) is 0 Å². The van der Waals surface area contributed by atoms with Crippen LogP contribution in [0.1, 0.15) is 168 Å². The van der Waals surface area contributed by atoms with E-state index in [2.05, 4.69) is 184 Å². The summed E-state index contributed by atoms with van der Waals surface area (Å²) in [4.78, 5) is 24.4. The van der Waals surface area contributed by atoms with Crippen molar-refractivity contribution in [3.8, 4) is 0 Å². The van der Waals surface area contributed by atoms with Crippen LogP contribution in [0.25, 0.3) is 0 Å². The number of aliphatic hydroxyl groups excluding tert-OH is 1.